The summed E-state index contributed by atoms with van der Waals surface area (Å²) in [6.07, 6.45) is 1.67. The maximum atomic E-state index is 6.18. The second-order valence-electron chi connectivity index (χ2n) is 4.29. The molecular formula is C14H18ClN3O2. The van der Waals surface area contributed by atoms with E-state index < -0.39 is 0 Å². The van der Waals surface area contributed by atoms with Gasteiger partial charge in [0.1, 0.15) is 18.1 Å². The van der Waals surface area contributed by atoms with Crippen LogP contribution < -0.4 is 15.2 Å². The van der Waals surface area contributed by atoms with E-state index in [4.69, 9.17) is 26.8 Å². The molecule has 0 bridgehead atoms. The molecule has 0 aliphatic heterocycles. The molecule has 2 rings (SSSR count). The van der Waals surface area contributed by atoms with Crippen molar-refractivity contribution in [3.63, 3.8) is 0 Å². The third-order valence-corrected chi connectivity index (χ3v) is 3.21. The normalized spacial score (nSPS) is 12.2. The molecule has 5 nitrogen and oxygen atoms in total. The molecule has 20 heavy (non-hydrogen) atoms. The van der Waals surface area contributed by atoms with Crippen LogP contribution in [0.3, 0.4) is 0 Å². The SMILES string of the molecule is CCn1ncc(OC)c1C(N)COc1ccc(Cl)cc1. The van der Waals surface area contributed by atoms with E-state index in [0.29, 0.717) is 17.4 Å². The number of nitrogens with zero attached hydrogens (tertiary/aromatic N) is 2. The summed E-state index contributed by atoms with van der Waals surface area (Å²) in [6, 6.07) is 6.86. The predicted molar refractivity (Wildman–Crippen MR) is 78.3 cm³/mol. The van der Waals surface area contributed by atoms with Crippen LogP contribution in [0.15, 0.2) is 30.5 Å². The van der Waals surface area contributed by atoms with Crippen LogP contribution in [-0.4, -0.2) is 23.5 Å². The highest BCUT2D eigenvalue weighted by atomic mass is 35.5. The lowest BCUT2D eigenvalue weighted by Crippen LogP contribution is -2.23. The zero-order valence-corrected chi connectivity index (χ0v) is 12.3. The molecule has 1 heterocycles. The first kappa shape index (κ1) is 14.7. The van der Waals surface area contributed by atoms with Gasteiger partial charge >= 0.3 is 0 Å². The third kappa shape index (κ3) is 3.23. The smallest absolute Gasteiger partial charge is 0.161 e. The van der Waals surface area contributed by atoms with Gasteiger partial charge < -0.3 is 15.2 Å². The van der Waals surface area contributed by atoms with Gasteiger partial charge in [0.15, 0.2) is 5.75 Å². The van der Waals surface area contributed by atoms with Crippen molar-refractivity contribution in [3.8, 4) is 11.5 Å². The summed E-state index contributed by atoms with van der Waals surface area (Å²) in [6.45, 7) is 3.07. The molecule has 0 saturated heterocycles. The first-order valence-corrected chi connectivity index (χ1v) is 6.77. The van der Waals surface area contributed by atoms with Crippen LogP contribution in [0.5, 0.6) is 11.5 Å². The summed E-state index contributed by atoms with van der Waals surface area (Å²) in [4.78, 5) is 0. The zero-order chi connectivity index (χ0) is 14.5. The lowest BCUT2D eigenvalue weighted by Gasteiger charge is -2.16. The van der Waals surface area contributed by atoms with Crippen molar-refractivity contribution in [1.29, 1.82) is 0 Å². The average Bonchev–Trinajstić information content (AvgIpc) is 2.89. The van der Waals surface area contributed by atoms with E-state index in [-0.39, 0.29) is 6.04 Å². The van der Waals surface area contributed by atoms with Crippen LogP contribution >= 0.6 is 11.6 Å². The molecule has 108 valence electrons. The Morgan fingerprint density at radius 1 is 1.35 bits per heavy atom. The van der Waals surface area contributed by atoms with Gasteiger partial charge in [-0.05, 0) is 31.2 Å². The van der Waals surface area contributed by atoms with Crippen LogP contribution in [-0.2, 0) is 6.54 Å². The quantitative estimate of drug-likeness (QED) is 0.890. The van der Waals surface area contributed by atoms with Crippen LogP contribution in [0, 0.1) is 0 Å². The maximum absolute atomic E-state index is 6.18. The number of aromatic nitrogens is 2. The molecule has 0 spiro atoms. The minimum atomic E-state index is -0.317. The van der Waals surface area contributed by atoms with Gasteiger partial charge in [-0.3, -0.25) is 4.68 Å². The highest BCUT2D eigenvalue weighted by molar-refractivity contribution is 6.30. The molecule has 0 fully saturated rings. The van der Waals surface area contributed by atoms with Gasteiger partial charge in [-0.2, -0.15) is 5.10 Å². The minimum absolute atomic E-state index is 0.317. The first-order chi connectivity index (χ1) is 9.65. The lowest BCUT2D eigenvalue weighted by molar-refractivity contribution is 0.280. The Hall–Kier alpha value is -1.72. The topological polar surface area (TPSA) is 62.3 Å². The summed E-state index contributed by atoms with van der Waals surface area (Å²) in [5, 5.41) is 4.91. The van der Waals surface area contributed by atoms with Gasteiger partial charge in [-0.15, -0.1) is 0 Å². The summed E-state index contributed by atoms with van der Waals surface area (Å²) in [7, 11) is 1.60. The fourth-order valence-electron chi connectivity index (χ4n) is 1.96. The molecule has 0 saturated carbocycles. The number of hydrogen-bond donors (Lipinski definition) is 1. The van der Waals surface area contributed by atoms with Crippen molar-refractivity contribution in [2.24, 2.45) is 5.73 Å². The Bertz CT molecular complexity index is 533. The van der Waals surface area contributed by atoms with Crippen molar-refractivity contribution >= 4 is 11.6 Å². The Morgan fingerprint density at radius 3 is 2.65 bits per heavy atom. The number of ether oxygens (including phenoxy) is 2. The summed E-state index contributed by atoms with van der Waals surface area (Å²) >= 11 is 5.83. The average molecular weight is 296 g/mol. The van der Waals surface area contributed by atoms with Gasteiger partial charge in [-0.25, -0.2) is 0 Å². The van der Waals surface area contributed by atoms with Crippen molar-refractivity contribution < 1.29 is 9.47 Å². The number of benzene rings is 1. The van der Waals surface area contributed by atoms with E-state index in [2.05, 4.69) is 5.10 Å². The molecule has 1 aromatic heterocycles. The van der Waals surface area contributed by atoms with Gasteiger partial charge in [0.05, 0.1) is 19.3 Å². The standard InChI is InChI=1S/C14H18ClN3O2/c1-3-18-14(13(19-2)8-17-18)12(16)9-20-11-6-4-10(15)5-7-11/h4-8,12H,3,9,16H2,1-2H3. The molecule has 1 aromatic carbocycles. The molecule has 0 amide bonds. The summed E-state index contributed by atoms with van der Waals surface area (Å²) in [5.41, 5.74) is 7.02. The molecule has 2 N–H and O–H groups in total. The zero-order valence-electron chi connectivity index (χ0n) is 11.5. The van der Waals surface area contributed by atoms with E-state index in [1.54, 1.807) is 25.4 Å². The second kappa shape index (κ2) is 6.63. The molecule has 1 unspecified atom stereocenters. The van der Waals surface area contributed by atoms with E-state index in [1.165, 1.54) is 0 Å². The first-order valence-electron chi connectivity index (χ1n) is 6.39. The van der Waals surface area contributed by atoms with Crippen molar-refractivity contribution in [2.45, 2.75) is 19.5 Å². The number of methoxy groups -OCH3 is 1. The van der Waals surface area contributed by atoms with Gasteiger partial charge in [-0.1, -0.05) is 11.6 Å². The van der Waals surface area contributed by atoms with Gasteiger partial charge in [0.25, 0.3) is 0 Å². The minimum Gasteiger partial charge on any atom is -0.493 e. The molecule has 0 aliphatic carbocycles. The lowest BCUT2D eigenvalue weighted by atomic mass is 10.2. The van der Waals surface area contributed by atoms with Crippen molar-refractivity contribution in [1.82, 2.24) is 9.78 Å². The highest BCUT2D eigenvalue weighted by Crippen LogP contribution is 2.24. The number of rotatable bonds is 6. The highest BCUT2D eigenvalue weighted by Gasteiger charge is 2.18. The Balaban J connectivity index is 2.06. The molecule has 0 radical (unpaired) electrons. The van der Waals surface area contributed by atoms with Crippen molar-refractivity contribution in [2.75, 3.05) is 13.7 Å². The molecular weight excluding hydrogens is 278 g/mol. The summed E-state index contributed by atoms with van der Waals surface area (Å²) < 4.78 is 12.8. The monoisotopic (exact) mass is 295 g/mol. The number of nitrogens with two attached hydrogens (primary N) is 1. The van der Waals surface area contributed by atoms with Crippen LogP contribution in [0.2, 0.25) is 5.02 Å². The van der Waals surface area contributed by atoms with Crippen LogP contribution in [0.25, 0.3) is 0 Å². The number of hydrogen-bond acceptors (Lipinski definition) is 4. The Morgan fingerprint density at radius 2 is 2.05 bits per heavy atom. The fraction of sp³-hybridized carbons (Fsp3) is 0.357. The fourth-order valence-corrected chi connectivity index (χ4v) is 2.08. The molecule has 6 heteroatoms. The van der Waals surface area contributed by atoms with E-state index in [9.17, 15) is 0 Å². The summed E-state index contributed by atoms with van der Waals surface area (Å²) in [5.74, 6) is 1.41. The largest absolute Gasteiger partial charge is 0.493 e. The van der Waals surface area contributed by atoms with E-state index in [1.807, 2.05) is 23.7 Å². The molecule has 0 aliphatic rings. The Kier molecular flexibility index (Phi) is 4.87. The van der Waals surface area contributed by atoms with E-state index in [0.717, 1.165) is 18.0 Å². The molecule has 2 aromatic rings. The van der Waals surface area contributed by atoms with Crippen molar-refractivity contribution in [3.05, 3.63) is 41.2 Å². The maximum Gasteiger partial charge on any atom is 0.161 e. The van der Waals surface area contributed by atoms with Gasteiger partial charge in [0, 0.05) is 11.6 Å². The van der Waals surface area contributed by atoms with Crippen LogP contribution in [0.1, 0.15) is 18.7 Å². The number of halogens is 1. The van der Waals surface area contributed by atoms with Crippen LogP contribution in [0.4, 0.5) is 0 Å². The van der Waals surface area contributed by atoms with Gasteiger partial charge in [0.2, 0.25) is 0 Å². The molecule has 1 atom stereocenters. The van der Waals surface area contributed by atoms with E-state index >= 15 is 0 Å². The number of aryl methyl sites for hydroxylation is 1. The third-order valence-electron chi connectivity index (χ3n) is 2.96. The Labute approximate surface area is 123 Å². The second-order valence-corrected chi connectivity index (χ2v) is 4.72. The predicted octanol–water partition coefficient (Wildman–Crippen LogP) is 2.64.